The molecule has 0 spiro atoms. The van der Waals surface area contributed by atoms with Crippen molar-refractivity contribution < 1.29 is 4.79 Å². The first-order valence-corrected chi connectivity index (χ1v) is 4.01. The molecule has 0 aliphatic carbocycles. The summed E-state index contributed by atoms with van der Waals surface area (Å²) in [5.74, 6) is 0. The van der Waals surface area contributed by atoms with Crippen LogP contribution in [0.15, 0.2) is 22.7 Å². The number of hydrogen-bond acceptors (Lipinski definition) is 2. The normalized spacial score (nSPS) is 9.55. The largest absolute Gasteiger partial charge is 0.399 e. The van der Waals surface area contributed by atoms with Gasteiger partial charge >= 0.3 is 0 Å². The monoisotopic (exact) mass is 213 g/mol. The van der Waals surface area contributed by atoms with Crippen LogP contribution in [0.5, 0.6) is 0 Å². The zero-order valence-corrected chi connectivity index (χ0v) is 7.47. The average Bonchev–Trinajstić information content (AvgIpc) is 1.95. The Balaban J connectivity index is 2.98. The second-order valence-corrected chi connectivity index (χ2v) is 3.08. The van der Waals surface area contributed by atoms with Gasteiger partial charge in [-0.1, -0.05) is 22.0 Å². The van der Waals surface area contributed by atoms with E-state index in [1.165, 1.54) is 0 Å². The number of anilines is 1. The van der Waals surface area contributed by atoms with E-state index in [1.54, 1.807) is 12.1 Å². The van der Waals surface area contributed by atoms with Crippen molar-refractivity contribution in [3.05, 3.63) is 28.2 Å². The maximum atomic E-state index is 10.2. The Morgan fingerprint density at radius 1 is 1.55 bits per heavy atom. The first kappa shape index (κ1) is 8.27. The minimum atomic E-state index is 0.431. The Morgan fingerprint density at radius 3 is 2.82 bits per heavy atom. The highest BCUT2D eigenvalue weighted by molar-refractivity contribution is 9.10. The molecule has 1 rings (SSSR count). The van der Waals surface area contributed by atoms with Gasteiger partial charge in [0.15, 0.2) is 0 Å². The van der Waals surface area contributed by atoms with Crippen LogP contribution < -0.4 is 5.73 Å². The van der Waals surface area contributed by atoms with E-state index in [1.807, 2.05) is 6.07 Å². The Labute approximate surface area is 73.5 Å². The highest BCUT2D eigenvalue weighted by Crippen LogP contribution is 2.19. The van der Waals surface area contributed by atoms with Gasteiger partial charge in [0.05, 0.1) is 0 Å². The molecule has 3 heteroatoms. The Bertz CT molecular complexity index is 273. The molecule has 58 valence electrons. The number of halogens is 1. The third kappa shape index (κ3) is 2.05. The Hall–Kier alpha value is -0.830. The fraction of sp³-hybridized carbons (Fsp3) is 0.125. The smallest absolute Gasteiger partial charge is 0.124 e. The molecule has 0 aliphatic heterocycles. The van der Waals surface area contributed by atoms with Gasteiger partial charge in [-0.2, -0.15) is 0 Å². The van der Waals surface area contributed by atoms with Crippen LogP contribution in [0.2, 0.25) is 0 Å². The molecule has 0 saturated carbocycles. The first-order valence-electron chi connectivity index (χ1n) is 3.21. The van der Waals surface area contributed by atoms with Crippen molar-refractivity contribution in [2.24, 2.45) is 0 Å². The zero-order valence-electron chi connectivity index (χ0n) is 5.88. The van der Waals surface area contributed by atoms with E-state index in [9.17, 15) is 4.79 Å². The van der Waals surface area contributed by atoms with E-state index < -0.39 is 0 Å². The zero-order chi connectivity index (χ0) is 8.27. The van der Waals surface area contributed by atoms with Crippen LogP contribution in [-0.4, -0.2) is 6.29 Å². The molecule has 0 saturated heterocycles. The van der Waals surface area contributed by atoms with Crippen molar-refractivity contribution in [2.75, 3.05) is 5.73 Å². The van der Waals surface area contributed by atoms with Gasteiger partial charge in [0.25, 0.3) is 0 Å². The summed E-state index contributed by atoms with van der Waals surface area (Å²) in [6.45, 7) is 0. The molecule has 0 amide bonds. The second kappa shape index (κ2) is 3.53. The van der Waals surface area contributed by atoms with Crippen molar-refractivity contribution in [2.45, 2.75) is 6.42 Å². The Morgan fingerprint density at radius 2 is 2.27 bits per heavy atom. The second-order valence-electron chi connectivity index (χ2n) is 2.22. The minimum Gasteiger partial charge on any atom is -0.399 e. The van der Waals surface area contributed by atoms with Crippen molar-refractivity contribution in [1.29, 1.82) is 0 Å². The van der Waals surface area contributed by atoms with E-state index in [-0.39, 0.29) is 0 Å². The topological polar surface area (TPSA) is 43.1 Å². The standard InChI is InChI=1S/C8H8BrNO/c9-8-5-7(10)2-1-6(8)3-4-11/h1-2,4-5H,3,10H2. The third-order valence-electron chi connectivity index (χ3n) is 1.38. The molecule has 0 heterocycles. The van der Waals surface area contributed by atoms with Gasteiger partial charge in [-0.05, 0) is 17.7 Å². The molecule has 1 aromatic carbocycles. The summed E-state index contributed by atoms with van der Waals surface area (Å²) >= 11 is 3.31. The highest BCUT2D eigenvalue weighted by atomic mass is 79.9. The summed E-state index contributed by atoms with van der Waals surface area (Å²) in [6.07, 6.45) is 1.30. The molecule has 0 fully saturated rings. The van der Waals surface area contributed by atoms with Crippen LogP contribution in [0.4, 0.5) is 5.69 Å². The van der Waals surface area contributed by atoms with Gasteiger partial charge in [-0.15, -0.1) is 0 Å². The molecule has 0 unspecified atom stereocenters. The summed E-state index contributed by atoms with van der Waals surface area (Å²) in [5, 5.41) is 0. The summed E-state index contributed by atoms with van der Waals surface area (Å²) in [6, 6.07) is 5.41. The van der Waals surface area contributed by atoms with Crippen LogP contribution in [0, 0.1) is 0 Å². The predicted molar refractivity (Wildman–Crippen MR) is 48.3 cm³/mol. The van der Waals surface area contributed by atoms with Crippen molar-refractivity contribution >= 4 is 27.9 Å². The lowest BCUT2D eigenvalue weighted by Crippen LogP contribution is -1.90. The van der Waals surface area contributed by atoms with Gasteiger partial charge in [-0.25, -0.2) is 0 Å². The minimum absolute atomic E-state index is 0.431. The number of nitrogen functional groups attached to an aromatic ring is 1. The SMILES string of the molecule is Nc1ccc(CC=O)c(Br)c1. The van der Waals surface area contributed by atoms with Gasteiger partial charge in [0, 0.05) is 16.6 Å². The Kier molecular flexibility index (Phi) is 2.65. The maximum Gasteiger partial charge on any atom is 0.124 e. The van der Waals surface area contributed by atoms with Crippen molar-refractivity contribution in [3.63, 3.8) is 0 Å². The number of carbonyl (C=O) groups excluding carboxylic acids is 1. The average molecular weight is 214 g/mol. The third-order valence-corrected chi connectivity index (χ3v) is 2.12. The number of benzene rings is 1. The molecule has 2 nitrogen and oxygen atoms in total. The van der Waals surface area contributed by atoms with Crippen LogP contribution in [-0.2, 0) is 11.2 Å². The molecule has 2 N–H and O–H groups in total. The molecule has 0 aliphatic rings. The van der Waals surface area contributed by atoms with Crippen LogP contribution in [0.25, 0.3) is 0 Å². The van der Waals surface area contributed by atoms with E-state index in [4.69, 9.17) is 5.73 Å². The lowest BCUT2D eigenvalue weighted by Gasteiger charge is -1.99. The molecule has 11 heavy (non-hydrogen) atoms. The van der Waals surface area contributed by atoms with Gasteiger partial charge in [0.1, 0.15) is 6.29 Å². The molecule has 0 bridgehead atoms. The van der Waals surface area contributed by atoms with Gasteiger partial charge < -0.3 is 10.5 Å². The van der Waals surface area contributed by atoms with Crippen molar-refractivity contribution in [1.82, 2.24) is 0 Å². The number of aldehydes is 1. The van der Waals surface area contributed by atoms with Gasteiger partial charge in [-0.3, -0.25) is 0 Å². The number of nitrogens with two attached hydrogens (primary N) is 1. The van der Waals surface area contributed by atoms with Crippen molar-refractivity contribution in [3.8, 4) is 0 Å². The van der Waals surface area contributed by atoms with Crippen LogP contribution >= 0.6 is 15.9 Å². The fourth-order valence-corrected chi connectivity index (χ4v) is 1.38. The lowest BCUT2D eigenvalue weighted by molar-refractivity contribution is -0.107. The lowest BCUT2D eigenvalue weighted by atomic mass is 10.1. The van der Waals surface area contributed by atoms with E-state index >= 15 is 0 Å². The maximum absolute atomic E-state index is 10.2. The number of hydrogen-bond donors (Lipinski definition) is 1. The van der Waals surface area contributed by atoms with E-state index in [0.717, 1.165) is 16.3 Å². The van der Waals surface area contributed by atoms with E-state index in [0.29, 0.717) is 12.1 Å². The predicted octanol–water partition coefficient (Wildman–Crippen LogP) is 1.77. The fourth-order valence-electron chi connectivity index (χ4n) is 0.819. The summed E-state index contributed by atoms with van der Waals surface area (Å²) in [5.41, 5.74) is 7.17. The van der Waals surface area contributed by atoms with Crippen LogP contribution in [0.3, 0.4) is 0 Å². The quantitative estimate of drug-likeness (QED) is 0.602. The summed E-state index contributed by atoms with van der Waals surface area (Å²) in [4.78, 5) is 10.2. The highest BCUT2D eigenvalue weighted by Gasteiger charge is 1.97. The molecule has 0 aromatic heterocycles. The van der Waals surface area contributed by atoms with E-state index in [2.05, 4.69) is 15.9 Å². The number of rotatable bonds is 2. The number of carbonyl (C=O) groups is 1. The molecule has 1 aromatic rings. The van der Waals surface area contributed by atoms with Crippen LogP contribution in [0.1, 0.15) is 5.56 Å². The van der Waals surface area contributed by atoms with Gasteiger partial charge in [0.2, 0.25) is 0 Å². The molecular formula is C8H8BrNO. The summed E-state index contributed by atoms with van der Waals surface area (Å²) < 4.78 is 0.893. The summed E-state index contributed by atoms with van der Waals surface area (Å²) in [7, 11) is 0. The molecule has 0 radical (unpaired) electrons. The molecule has 0 atom stereocenters. The first-order chi connectivity index (χ1) is 5.24. The molecular weight excluding hydrogens is 206 g/mol.